The summed E-state index contributed by atoms with van der Waals surface area (Å²) in [5.41, 5.74) is 4.66. The SMILES string of the molecule is CN(C)NC1=CCCCC1. The van der Waals surface area contributed by atoms with Gasteiger partial charge in [-0.3, -0.25) is 0 Å². The predicted molar refractivity (Wildman–Crippen MR) is 43.4 cm³/mol. The number of nitrogens with one attached hydrogen (secondary N) is 1. The number of rotatable bonds is 2. The average molecular weight is 140 g/mol. The van der Waals surface area contributed by atoms with E-state index >= 15 is 0 Å². The molecule has 0 radical (unpaired) electrons. The second-order valence-corrected chi connectivity index (χ2v) is 2.98. The van der Waals surface area contributed by atoms with Crippen LogP contribution in [0.5, 0.6) is 0 Å². The minimum Gasteiger partial charge on any atom is -0.324 e. The highest BCUT2D eigenvalue weighted by Gasteiger charge is 2.02. The van der Waals surface area contributed by atoms with Crippen LogP contribution in [0.15, 0.2) is 11.8 Å². The molecule has 0 aliphatic heterocycles. The maximum absolute atomic E-state index is 3.28. The van der Waals surface area contributed by atoms with Gasteiger partial charge >= 0.3 is 0 Å². The zero-order valence-corrected chi connectivity index (χ0v) is 6.85. The second kappa shape index (κ2) is 3.62. The number of allylic oxidation sites excluding steroid dienone is 2. The molecule has 2 heteroatoms. The van der Waals surface area contributed by atoms with Gasteiger partial charge in [0.05, 0.1) is 0 Å². The van der Waals surface area contributed by atoms with Crippen LogP contribution in [0.2, 0.25) is 0 Å². The minimum absolute atomic E-state index is 1.22. The summed E-state index contributed by atoms with van der Waals surface area (Å²) in [4.78, 5) is 0. The van der Waals surface area contributed by atoms with Gasteiger partial charge < -0.3 is 5.43 Å². The van der Waals surface area contributed by atoms with Crippen molar-refractivity contribution < 1.29 is 0 Å². The van der Waals surface area contributed by atoms with Gasteiger partial charge in [-0.1, -0.05) is 6.08 Å². The molecule has 1 rings (SSSR count). The summed E-state index contributed by atoms with van der Waals surface area (Å²) in [6.07, 6.45) is 7.46. The predicted octanol–water partition coefficient (Wildman–Crippen LogP) is 1.51. The quantitative estimate of drug-likeness (QED) is 0.585. The van der Waals surface area contributed by atoms with Gasteiger partial charge in [0.2, 0.25) is 0 Å². The van der Waals surface area contributed by atoms with Crippen molar-refractivity contribution in [2.45, 2.75) is 25.7 Å². The number of hydrogen-bond acceptors (Lipinski definition) is 2. The first-order valence-corrected chi connectivity index (χ1v) is 3.92. The van der Waals surface area contributed by atoms with Crippen molar-refractivity contribution >= 4 is 0 Å². The summed E-state index contributed by atoms with van der Waals surface area (Å²) < 4.78 is 0. The van der Waals surface area contributed by atoms with E-state index in [0.29, 0.717) is 0 Å². The van der Waals surface area contributed by atoms with Crippen molar-refractivity contribution in [3.8, 4) is 0 Å². The summed E-state index contributed by atoms with van der Waals surface area (Å²) in [7, 11) is 4.05. The van der Waals surface area contributed by atoms with E-state index in [0.717, 1.165) is 0 Å². The maximum atomic E-state index is 3.28. The maximum Gasteiger partial charge on any atom is 0.0224 e. The summed E-state index contributed by atoms with van der Waals surface area (Å²) in [6.45, 7) is 0. The molecule has 1 aliphatic rings. The summed E-state index contributed by atoms with van der Waals surface area (Å²) in [5.74, 6) is 0. The van der Waals surface area contributed by atoms with Crippen LogP contribution in [0.3, 0.4) is 0 Å². The fourth-order valence-corrected chi connectivity index (χ4v) is 1.23. The van der Waals surface area contributed by atoms with Crippen molar-refractivity contribution in [3.63, 3.8) is 0 Å². The average Bonchev–Trinajstić information content (AvgIpc) is 1.88. The van der Waals surface area contributed by atoms with Crippen molar-refractivity contribution in [2.24, 2.45) is 0 Å². The third-order valence-electron chi connectivity index (χ3n) is 1.66. The Morgan fingerprint density at radius 3 is 2.70 bits per heavy atom. The van der Waals surface area contributed by atoms with Gasteiger partial charge in [-0.25, -0.2) is 5.01 Å². The Kier molecular flexibility index (Phi) is 2.75. The molecule has 0 unspecified atom stereocenters. The molecule has 0 aromatic rings. The first kappa shape index (κ1) is 7.61. The zero-order valence-electron chi connectivity index (χ0n) is 6.85. The van der Waals surface area contributed by atoms with E-state index in [-0.39, 0.29) is 0 Å². The van der Waals surface area contributed by atoms with Crippen LogP contribution in [0.4, 0.5) is 0 Å². The third-order valence-corrected chi connectivity index (χ3v) is 1.66. The van der Waals surface area contributed by atoms with E-state index in [1.807, 2.05) is 19.1 Å². The number of nitrogens with zero attached hydrogens (tertiary/aromatic N) is 1. The van der Waals surface area contributed by atoms with Crippen LogP contribution < -0.4 is 5.43 Å². The first-order chi connectivity index (χ1) is 4.79. The topological polar surface area (TPSA) is 15.3 Å². The lowest BCUT2D eigenvalue weighted by molar-refractivity contribution is 0.317. The van der Waals surface area contributed by atoms with E-state index in [2.05, 4.69) is 11.5 Å². The highest BCUT2D eigenvalue weighted by atomic mass is 15.5. The summed E-state index contributed by atoms with van der Waals surface area (Å²) >= 11 is 0. The van der Waals surface area contributed by atoms with Gasteiger partial charge in [0.25, 0.3) is 0 Å². The fourth-order valence-electron chi connectivity index (χ4n) is 1.23. The smallest absolute Gasteiger partial charge is 0.0224 e. The highest BCUT2D eigenvalue weighted by molar-refractivity contribution is 5.01. The molecule has 1 aliphatic carbocycles. The van der Waals surface area contributed by atoms with Crippen molar-refractivity contribution in [3.05, 3.63) is 11.8 Å². The number of hydrazine groups is 1. The largest absolute Gasteiger partial charge is 0.324 e. The van der Waals surface area contributed by atoms with Crippen LogP contribution in [-0.4, -0.2) is 19.1 Å². The lowest BCUT2D eigenvalue weighted by Gasteiger charge is -2.19. The molecule has 0 saturated carbocycles. The molecular weight excluding hydrogens is 124 g/mol. The van der Waals surface area contributed by atoms with Gasteiger partial charge in [0, 0.05) is 19.8 Å². The molecule has 0 fully saturated rings. The molecule has 0 bridgehead atoms. The Bertz CT molecular complexity index is 127. The van der Waals surface area contributed by atoms with Gasteiger partial charge in [0.1, 0.15) is 0 Å². The molecule has 0 saturated heterocycles. The molecule has 0 amide bonds. The monoisotopic (exact) mass is 140 g/mol. The standard InChI is InChI=1S/C8H16N2/c1-10(2)9-8-6-4-3-5-7-8/h6,9H,3-5,7H2,1-2H3. The van der Waals surface area contributed by atoms with E-state index in [1.165, 1.54) is 31.4 Å². The van der Waals surface area contributed by atoms with Crippen LogP contribution >= 0.6 is 0 Å². The Morgan fingerprint density at radius 2 is 2.20 bits per heavy atom. The third kappa shape index (κ3) is 2.40. The van der Waals surface area contributed by atoms with Gasteiger partial charge in [-0.2, -0.15) is 0 Å². The van der Waals surface area contributed by atoms with Crippen LogP contribution in [0, 0.1) is 0 Å². The Balaban J connectivity index is 2.31. The van der Waals surface area contributed by atoms with Gasteiger partial charge in [-0.15, -0.1) is 0 Å². The highest BCUT2D eigenvalue weighted by Crippen LogP contribution is 2.14. The molecule has 0 aromatic carbocycles. The fraction of sp³-hybridized carbons (Fsp3) is 0.750. The Morgan fingerprint density at radius 1 is 1.40 bits per heavy atom. The van der Waals surface area contributed by atoms with Gasteiger partial charge in [-0.05, 0) is 25.7 Å². The molecule has 0 spiro atoms. The molecule has 0 aromatic heterocycles. The van der Waals surface area contributed by atoms with Crippen LogP contribution in [0.1, 0.15) is 25.7 Å². The van der Waals surface area contributed by atoms with E-state index < -0.39 is 0 Å². The van der Waals surface area contributed by atoms with Crippen molar-refractivity contribution in [2.75, 3.05) is 14.1 Å². The normalized spacial score (nSPS) is 18.9. The molecule has 58 valence electrons. The van der Waals surface area contributed by atoms with Crippen LogP contribution in [-0.2, 0) is 0 Å². The van der Waals surface area contributed by atoms with E-state index in [1.54, 1.807) is 0 Å². The van der Waals surface area contributed by atoms with Crippen LogP contribution in [0.25, 0.3) is 0 Å². The summed E-state index contributed by atoms with van der Waals surface area (Å²) in [6, 6.07) is 0. The molecule has 0 heterocycles. The molecule has 0 atom stereocenters. The Hall–Kier alpha value is -0.500. The van der Waals surface area contributed by atoms with Crippen molar-refractivity contribution in [1.29, 1.82) is 0 Å². The number of hydrogen-bond donors (Lipinski definition) is 1. The van der Waals surface area contributed by atoms with Crippen molar-refractivity contribution in [1.82, 2.24) is 10.4 Å². The lowest BCUT2D eigenvalue weighted by atomic mass is 10.1. The second-order valence-electron chi connectivity index (χ2n) is 2.98. The molecule has 2 nitrogen and oxygen atoms in total. The van der Waals surface area contributed by atoms with E-state index in [4.69, 9.17) is 0 Å². The molecule has 10 heavy (non-hydrogen) atoms. The Labute approximate surface area is 62.9 Å². The van der Waals surface area contributed by atoms with E-state index in [9.17, 15) is 0 Å². The first-order valence-electron chi connectivity index (χ1n) is 3.92. The summed E-state index contributed by atoms with van der Waals surface area (Å²) in [5, 5.41) is 2.00. The lowest BCUT2D eigenvalue weighted by Crippen LogP contribution is -2.30. The van der Waals surface area contributed by atoms with Gasteiger partial charge in [0.15, 0.2) is 0 Å². The molecule has 1 N–H and O–H groups in total. The minimum atomic E-state index is 1.22. The zero-order chi connectivity index (χ0) is 7.40. The molecular formula is C8H16N2.